The van der Waals surface area contributed by atoms with Crippen LogP contribution >= 0.6 is 15.9 Å². The molecule has 0 aromatic heterocycles. The van der Waals surface area contributed by atoms with Gasteiger partial charge in [-0.05, 0) is 11.6 Å². The Morgan fingerprint density at radius 1 is 1.46 bits per heavy atom. The Morgan fingerprint density at radius 2 is 2.15 bits per heavy atom. The van der Waals surface area contributed by atoms with Gasteiger partial charge in [0.2, 0.25) is 0 Å². The van der Waals surface area contributed by atoms with Crippen LogP contribution in [0.1, 0.15) is 12.0 Å². The van der Waals surface area contributed by atoms with Crippen LogP contribution in [-0.2, 0) is 11.2 Å². The largest absolute Gasteiger partial charge is 0.298 e. The number of rotatable bonds is 3. The monoisotopic (exact) mass is 236 g/mol. The molecule has 0 heterocycles. The molecule has 0 N–H and O–H groups in total. The van der Waals surface area contributed by atoms with Gasteiger partial charge in [0.15, 0.2) is 0 Å². The van der Waals surface area contributed by atoms with Gasteiger partial charge in [0, 0.05) is 10.9 Å². The molecule has 1 aromatic rings. The predicted molar refractivity (Wildman–Crippen MR) is 56.3 cm³/mol. The number of benzene rings is 1. The molecular formula is C11H9BrO. The Hall–Kier alpha value is -1.07. The average molecular weight is 237 g/mol. The highest BCUT2D eigenvalue weighted by molar-refractivity contribution is 9.10. The topological polar surface area (TPSA) is 17.1 Å². The SMILES string of the molecule is C#CCC(=O)Cc1ccccc1Br. The molecule has 0 saturated heterocycles. The molecule has 66 valence electrons. The maximum absolute atomic E-state index is 11.2. The van der Waals surface area contributed by atoms with Crippen molar-refractivity contribution in [2.75, 3.05) is 0 Å². The maximum Gasteiger partial charge on any atom is 0.149 e. The smallest absolute Gasteiger partial charge is 0.149 e. The zero-order chi connectivity index (χ0) is 9.68. The maximum atomic E-state index is 11.2. The van der Waals surface area contributed by atoms with E-state index in [9.17, 15) is 4.79 Å². The third-order valence-corrected chi connectivity index (χ3v) is 2.42. The fourth-order valence-electron chi connectivity index (χ4n) is 1.03. The van der Waals surface area contributed by atoms with Crippen molar-refractivity contribution in [1.29, 1.82) is 0 Å². The normalized spacial score (nSPS) is 9.23. The second-order valence-corrected chi connectivity index (χ2v) is 3.54. The summed E-state index contributed by atoms with van der Waals surface area (Å²) in [6, 6.07) is 7.65. The third kappa shape index (κ3) is 3.04. The Bertz CT molecular complexity index is 349. The molecule has 0 amide bonds. The van der Waals surface area contributed by atoms with Crippen LogP contribution in [0.25, 0.3) is 0 Å². The molecule has 1 aromatic carbocycles. The van der Waals surface area contributed by atoms with Crippen LogP contribution < -0.4 is 0 Å². The summed E-state index contributed by atoms with van der Waals surface area (Å²) < 4.78 is 0.959. The number of carbonyl (C=O) groups excluding carboxylic acids is 1. The number of hydrogen-bond acceptors (Lipinski definition) is 1. The first-order valence-corrected chi connectivity index (χ1v) is 4.72. The highest BCUT2D eigenvalue weighted by atomic mass is 79.9. The standard InChI is InChI=1S/C11H9BrO/c1-2-5-10(13)8-9-6-3-4-7-11(9)12/h1,3-4,6-7H,5,8H2. The first kappa shape index (κ1) is 10.0. The lowest BCUT2D eigenvalue weighted by Gasteiger charge is -2.00. The van der Waals surface area contributed by atoms with Crippen LogP contribution in [0, 0.1) is 12.3 Å². The minimum absolute atomic E-state index is 0.0781. The summed E-state index contributed by atoms with van der Waals surface area (Å²) in [5, 5.41) is 0. The van der Waals surface area contributed by atoms with E-state index in [-0.39, 0.29) is 12.2 Å². The van der Waals surface area contributed by atoms with Crippen molar-refractivity contribution in [3.8, 4) is 12.3 Å². The molecule has 0 unspecified atom stereocenters. The fourth-order valence-corrected chi connectivity index (χ4v) is 1.46. The van der Waals surface area contributed by atoms with E-state index in [1.165, 1.54) is 0 Å². The average Bonchev–Trinajstić information content (AvgIpc) is 2.09. The summed E-state index contributed by atoms with van der Waals surface area (Å²) in [7, 11) is 0. The van der Waals surface area contributed by atoms with Crippen molar-refractivity contribution < 1.29 is 4.79 Å². The molecule has 2 heteroatoms. The Morgan fingerprint density at radius 3 is 2.77 bits per heavy atom. The van der Waals surface area contributed by atoms with Crippen LogP contribution in [0.5, 0.6) is 0 Å². The van der Waals surface area contributed by atoms with Gasteiger partial charge in [-0.3, -0.25) is 4.79 Å². The zero-order valence-electron chi connectivity index (χ0n) is 7.09. The number of carbonyl (C=O) groups is 1. The Balaban J connectivity index is 2.70. The van der Waals surface area contributed by atoms with E-state index in [1.54, 1.807) is 0 Å². The highest BCUT2D eigenvalue weighted by Gasteiger charge is 2.04. The molecule has 0 aliphatic heterocycles. The van der Waals surface area contributed by atoms with E-state index in [2.05, 4.69) is 21.9 Å². The Labute approximate surface area is 86.3 Å². The van der Waals surface area contributed by atoms with Gasteiger partial charge in [-0.1, -0.05) is 40.0 Å². The van der Waals surface area contributed by atoms with E-state index >= 15 is 0 Å². The second-order valence-electron chi connectivity index (χ2n) is 2.69. The Kier molecular flexibility index (Phi) is 3.72. The van der Waals surface area contributed by atoms with Crippen LogP contribution in [0.3, 0.4) is 0 Å². The van der Waals surface area contributed by atoms with Gasteiger partial charge in [0.25, 0.3) is 0 Å². The van der Waals surface area contributed by atoms with Gasteiger partial charge in [-0.2, -0.15) is 0 Å². The minimum atomic E-state index is 0.0781. The molecule has 0 spiro atoms. The van der Waals surface area contributed by atoms with E-state index in [1.807, 2.05) is 24.3 Å². The number of ketones is 1. The lowest BCUT2D eigenvalue weighted by molar-refractivity contribution is -0.117. The van der Waals surface area contributed by atoms with Crippen molar-refractivity contribution in [3.05, 3.63) is 34.3 Å². The second kappa shape index (κ2) is 4.84. The molecule has 0 fully saturated rings. The van der Waals surface area contributed by atoms with Crippen molar-refractivity contribution in [1.82, 2.24) is 0 Å². The van der Waals surface area contributed by atoms with Crippen LogP contribution in [0.4, 0.5) is 0 Å². The van der Waals surface area contributed by atoms with E-state index in [0.717, 1.165) is 10.0 Å². The summed E-state index contributed by atoms with van der Waals surface area (Å²) in [5.41, 5.74) is 0.989. The van der Waals surface area contributed by atoms with Gasteiger partial charge in [-0.15, -0.1) is 6.42 Å². The van der Waals surface area contributed by atoms with Crippen LogP contribution in [0.15, 0.2) is 28.7 Å². The number of terminal acetylenes is 1. The zero-order valence-corrected chi connectivity index (χ0v) is 8.67. The van der Waals surface area contributed by atoms with Gasteiger partial charge < -0.3 is 0 Å². The number of halogens is 1. The molecule has 0 atom stereocenters. The van der Waals surface area contributed by atoms with Crippen molar-refractivity contribution in [2.24, 2.45) is 0 Å². The molecule has 0 aliphatic carbocycles. The predicted octanol–water partition coefficient (Wildman–Crippen LogP) is 2.58. The lowest BCUT2D eigenvalue weighted by Crippen LogP contribution is -2.01. The highest BCUT2D eigenvalue weighted by Crippen LogP contribution is 2.16. The van der Waals surface area contributed by atoms with E-state index < -0.39 is 0 Å². The van der Waals surface area contributed by atoms with E-state index in [4.69, 9.17) is 6.42 Å². The van der Waals surface area contributed by atoms with Gasteiger partial charge in [-0.25, -0.2) is 0 Å². The van der Waals surface area contributed by atoms with Gasteiger partial charge in [0.1, 0.15) is 5.78 Å². The quantitative estimate of drug-likeness (QED) is 0.738. The summed E-state index contributed by atoms with van der Waals surface area (Å²) in [4.78, 5) is 11.2. The summed E-state index contributed by atoms with van der Waals surface area (Å²) in [6.07, 6.45) is 5.66. The first-order chi connectivity index (χ1) is 6.24. The summed E-state index contributed by atoms with van der Waals surface area (Å²) in [5.74, 6) is 2.42. The first-order valence-electron chi connectivity index (χ1n) is 3.92. The van der Waals surface area contributed by atoms with Crippen molar-refractivity contribution in [2.45, 2.75) is 12.8 Å². The molecule has 0 radical (unpaired) electrons. The molecule has 1 rings (SSSR count). The van der Waals surface area contributed by atoms with Gasteiger partial charge >= 0.3 is 0 Å². The van der Waals surface area contributed by atoms with Crippen LogP contribution in [-0.4, -0.2) is 5.78 Å². The number of hydrogen-bond donors (Lipinski definition) is 0. The minimum Gasteiger partial charge on any atom is -0.298 e. The number of Topliss-reactive ketones (excluding diaryl/α,β-unsaturated/α-hetero) is 1. The molecule has 13 heavy (non-hydrogen) atoms. The fraction of sp³-hybridized carbons (Fsp3) is 0.182. The molecule has 1 nitrogen and oxygen atoms in total. The third-order valence-electron chi connectivity index (χ3n) is 1.64. The van der Waals surface area contributed by atoms with E-state index in [0.29, 0.717) is 6.42 Å². The van der Waals surface area contributed by atoms with Crippen LogP contribution in [0.2, 0.25) is 0 Å². The lowest BCUT2D eigenvalue weighted by atomic mass is 10.1. The molecule has 0 saturated carbocycles. The summed E-state index contributed by atoms with van der Waals surface area (Å²) >= 11 is 3.37. The van der Waals surface area contributed by atoms with Gasteiger partial charge in [0.05, 0.1) is 6.42 Å². The van der Waals surface area contributed by atoms with Crippen molar-refractivity contribution >= 4 is 21.7 Å². The summed E-state index contributed by atoms with van der Waals surface area (Å²) in [6.45, 7) is 0. The molecular weight excluding hydrogens is 228 g/mol. The molecule has 0 bridgehead atoms. The molecule has 0 aliphatic rings. The van der Waals surface area contributed by atoms with Crippen molar-refractivity contribution in [3.63, 3.8) is 0 Å².